The van der Waals surface area contributed by atoms with Gasteiger partial charge in [-0.2, -0.15) is 0 Å². The van der Waals surface area contributed by atoms with Crippen LogP contribution in [0.15, 0.2) is 0 Å². The molecule has 2 nitrogen and oxygen atoms in total. The minimum absolute atomic E-state index is 0.144. The fourth-order valence-electron chi connectivity index (χ4n) is 3.06. The number of aromatic carboxylic acids is 1. The van der Waals surface area contributed by atoms with E-state index < -0.39 is 31.6 Å². The first-order chi connectivity index (χ1) is 16.6. The van der Waals surface area contributed by atoms with Gasteiger partial charge >= 0.3 is 5.97 Å². The van der Waals surface area contributed by atoms with Crippen molar-refractivity contribution >= 4 is 168 Å². The van der Waals surface area contributed by atoms with Gasteiger partial charge in [-0.3, -0.25) is 0 Å². The molecule has 0 aliphatic carbocycles. The Hall–Kier alpha value is 1.06. The number of benzene rings is 3. The first-order valence-corrected chi connectivity index (χ1v) is 13.9. The first kappa shape index (κ1) is 31.6. The van der Waals surface area contributed by atoms with Crippen molar-refractivity contribution in [3.05, 3.63) is 98.5 Å². The molecule has 0 bridgehead atoms. The maximum Gasteiger partial charge on any atom is 0.339 e. The predicted octanol–water partition coefficient (Wildman–Crippen LogP) is 13.6. The van der Waals surface area contributed by atoms with Crippen molar-refractivity contribution in [2.45, 2.75) is 0 Å². The summed E-state index contributed by atoms with van der Waals surface area (Å²) in [5, 5.41) is 5.59. The Morgan fingerprint density at radius 1 is 0.389 bits per heavy atom. The summed E-state index contributed by atoms with van der Waals surface area (Å²) in [5.74, 6) is -1.68. The predicted molar refractivity (Wildman–Crippen MR) is 157 cm³/mol. The number of rotatable bonds is 4. The first-order valence-electron chi connectivity index (χ1n) is 8.57. The van der Waals surface area contributed by atoms with E-state index in [-0.39, 0.29) is 72.8 Å². The molecule has 0 aliphatic rings. The van der Waals surface area contributed by atoms with E-state index in [4.69, 9.17) is 162 Å². The minimum atomic E-state index is -1.51. The lowest BCUT2D eigenvalue weighted by Crippen LogP contribution is -2.13. The van der Waals surface area contributed by atoms with Crippen LogP contribution in [0.4, 0.5) is 0 Å². The van der Waals surface area contributed by atoms with Gasteiger partial charge in [0.2, 0.25) is 0 Å². The standard InChI is InChI=1S/C20Cl14O2/c21-6-2(7(22)13(28)5(12(6)27)20(35)36)1(3-8(23)14(29)18(33)15(30)9(3)24)4-10(25)16(31)19(34)17(32)11(4)26/p+1. The van der Waals surface area contributed by atoms with Crippen molar-refractivity contribution in [2.24, 2.45) is 0 Å². The van der Waals surface area contributed by atoms with E-state index in [1.54, 1.807) is 0 Å². The second-order valence-electron chi connectivity index (χ2n) is 6.58. The number of carboxylic acids is 1. The maximum absolute atomic E-state index is 11.8. The fourth-order valence-corrected chi connectivity index (χ4v) is 6.92. The molecule has 16 heteroatoms. The highest BCUT2D eigenvalue weighted by Gasteiger charge is 2.43. The van der Waals surface area contributed by atoms with Gasteiger partial charge in [-0.1, -0.05) is 92.8 Å². The summed E-state index contributed by atoms with van der Waals surface area (Å²) >= 11 is 89.3. The van der Waals surface area contributed by atoms with Crippen LogP contribution in [-0.4, -0.2) is 11.1 Å². The van der Waals surface area contributed by atoms with Gasteiger partial charge in [0, 0.05) is 0 Å². The molecule has 190 valence electrons. The van der Waals surface area contributed by atoms with Crippen LogP contribution in [0.3, 0.4) is 0 Å². The van der Waals surface area contributed by atoms with E-state index in [0.29, 0.717) is 0 Å². The van der Waals surface area contributed by atoms with Crippen LogP contribution in [0.1, 0.15) is 27.0 Å². The maximum atomic E-state index is 11.8. The minimum Gasteiger partial charge on any atom is -0.478 e. The normalized spacial score (nSPS) is 11.3. The Morgan fingerprint density at radius 3 is 0.806 bits per heavy atom. The molecular weight excluding hydrogens is 769 g/mol. The number of halogens is 14. The molecule has 3 aromatic carbocycles. The fraction of sp³-hybridized carbons (Fsp3) is 0. The zero-order chi connectivity index (χ0) is 27.5. The number of carboxylic acid groups (broad SMARTS) is 1. The second-order valence-corrected chi connectivity index (χ2v) is 11.9. The molecule has 0 unspecified atom stereocenters. The van der Waals surface area contributed by atoms with Gasteiger partial charge in [-0.25, -0.2) is 4.79 Å². The molecule has 0 radical (unpaired) electrons. The summed E-state index contributed by atoms with van der Waals surface area (Å²) in [6.45, 7) is 0. The Morgan fingerprint density at radius 2 is 0.583 bits per heavy atom. The second kappa shape index (κ2) is 11.9. The Labute approximate surface area is 273 Å². The lowest BCUT2D eigenvalue weighted by molar-refractivity contribution is 0.0697. The number of hydrogen-bond donors (Lipinski definition) is 1. The number of carbonyl (C=O) groups is 1. The Kier molecular flexibility index (Phi) is 10.4. The topological polar surface area (TPSA) is 37.3 Å². The zero-order valence-electron chi connectivity index (χ0n) is 16.1. The smallest absolute Gasteiger partial charge is 0.339 e. The Balaban J connectivity index is 2.69. The van der Waals surface area contributed by atoms with E-state index in [1.165, 1.54) is 0 Å². The van der Waals surface area contributed by atoms with Crippen LogP contribution in [0, 0.1) is 5.92 Å². The van der Waals surface area contributed by atoms with Crippen LogP contribution in [-0.2, 0) is 0 Å². The third kappa shape index (κ3) is 5.13. The highest BCUT2D eigenvalue weighted by Crippen LogP contribution is 2.57. The van der Waals surface area contributed by atoms with Gasteiger partial charge in [-0.05, 0) is 69.6 Å². The van der Waals surface area contributed by atoms with Gasteiger partial charge in [0.25, 0.3) is 0 Å². The van der Waals surface area contributed by atoms with E-state index in [1.807, 2.05) is 0 Å². The molecule has 0 saturated heterocycles. The van der Waals surface area contributed by atoms with Gasteiger partial charge in [-0.15, -0.1) is 0 Å². The van der Waals surface area contributed by atoms with Crippen LogP contribution in [0.5, 0.6) is 0 Å². The van der Waals surface area contributed by atoms with Crippen LogP contribution < -0.4 is 0 Å². The summed E-state index contributed by atoms with van der Waals surface area (Å²) in [5.41, 5.74) is -1.08. The SMILES string of the molecule is O=C(O)c1c(Cl)c(Cl)c([C+](c2c(Cl)c(Cl)c(Cl)c(Cl)c2Cl)c2c(Cl)c(Cl)c(Cl)c(Cl)c2Cl)c(Cl)c1Cl. The molecule has 0 aromatic heterocycles. The molecule has 0 saturated carbocycles. The quantitative estimate of drug-likeness (QED) is 0.124. The zero-order valence-corrected chi connectivity index (χ0v) is 26.7. The van der Waals surface area contributed by atoms with Crippen LogP contribution in [0.2, 0.25) is 70.3 Å². The molecule has 0 atom stereocenters. The molecular formula is C20HCl14O2+. The van der Waals surface area contributed by atoms with E-state index in [0.717, 1.165) is 0 Å². The summed E-state index contributed by atoms with van der Waals surface area (Å²) in [6, 6.07) is 0. The molecule has 0 spiro atoms. The van der Waals surface area contributed by atoms with Crippen LogP contribution >= 0.6 is 162 Å². The molecule has 1 N–H and O–H groups in total. The molecule has 36 heavy (non-hydrogen) atoms. The summed E-state index contributed by atoms with van der Waals surface area (Å²) in [7, 11) is 0. The van der Waals surface area contributed by atoms with Crippen molar-refractivity contribution in [3.63, 3.8) is 0 Å². The summed E-state index contributed by atoms with van der Waals surface area (Å²) < 4.78 is 0. The molecule has 0 amide bonds. The van der Waals surface area contributed by atoms with E-state index in [2.05, 4.69) is 0 Å². The summed E-state index contributed by atoms with van der Waals surface area (Å²) in [6.07, 6.45) is 0. The van der Waals surface area contributed by atoms with Crippen molar-refractivity contribution in [1.82, 2.24) is 0 Å². The lowest BCUT2D eigenvalue weighted by Gasteiger charge is -2.23. The highest BCUT2D eigenvalue weighted by molar-refractivity contribution is 6.58. The van der Waals surface area contributed by atoms with Gasteiger partial charge < -0.3 is 5.11 Å². The Bertz CT molecular complexity index is 1310. The highest BCUT2D eigenvalue weighted by atomic mass is 35.5. The van der Waals surface area contributed by atoms with Gasteiger partial charge in [0.05, 0.1) is 32.7 Å². The average Bonchev–Trinajstić information content (AvgIpc) is 2.82. The third-order valence-electron chi connectivity index (χ3n) is 4.65. The van der Waals surface area contributed by atoms with Gasteiger partial charge in [0.1, 0.15) is 65.8 Å². The molecule has 3 aromatic rings. The lowest BCUT2D eigenvalue weighted by atomic mass is 9.84. The molecule has 0 fully saturated rings. The largest absolute Gasteiger partial charge is 0.478 e. The van der Waals surface area contributed by atoms with Crippen molar-refractivity contribution in [1.29, 1.82) is 0 Å². The number of hydrogen-bond acceptors (Lipinski definition) is 1. The van der Waals surface area contributed by atoms with Crippen LogP contribution in [0.25, 0.3) is 0 Å². The van der Waals surface area contributed by atoms with Gasteiger partial charge in [0.15, 0.2) is 0 Å². The molecule has 0 heterocycles. The molecule has 0 aliphatic heterocycles. The molecule has 3 rings (SSSR count). The van der Waals surface area contributed by atoms with E-state index in [9.17, 15) is 9.90 Å². The monoisotopic (exact) mass is 763 g/mol. The van der Waals surface area contributed by atoms with Crippen molar-refractivity contribution in [3.8, 4) is 0 Å². The third-order valence-corrected chi connectivity index (χ3v) is 10.9. The average molecular weight is 770 g/mol. The van der Waals surface area contributed by atoms with E-state index >= 15 is 0 Å². The van der Waals surface area contributed by atoms with Crippen molar-refractivity contribution in [2.75, 3.05) is 0 Å². The summed E-state index contributed by atoms with van der Waals surface area (Å²) in [4.78, 5) is 11.8. The van der Waals surface area contributed by atoms with Crippen molar-refractivity contribution < 1.29 is 9.90 Å².